The van der Waals surface area contributed by atoms with Gasteiger partial charge in [-0.2, -0.15) is 13.2 Å². The molecule has 8 heteroatoms. The number of aromatic nitrogens is 1. The highest BCUT2D eigenvalue weighted by molar-refractivity contribution is 6.14. The van der Waals surface area contributed by atoms with Crippen LogP contribution in [0.1, 0.15) is 75.5 Å². The van der Waals surface area contributed by atoms with Crippen LogP contribution in [0.25, 0.3) is 0 Å². The molecule has 0 N–H and O–H groups in total. The highest BCUT2D eigenvalue weighted by Crippen LogP contribution is 2.44. The number of hydrogen-bond acceptors (Lipinski definition) is 5. The van der Waals surface area contributed by atoms with Gasteiger partial charge in [0.1, 0.15) is 7.11 Å². The van der Waals surface area contributed by atoms with E-state index in [1.54, 1.807) is 6.92 Å². The second-order valence-corrected chi connectivity index (χ2v) is 7.25. The summed E-state index contributed by atoms with van der Waals surface area (Å²) in [6.45, 7) is 1.72. The Morgan fingerprint density at radius 2 is 2.04 bits per heavy atom. The van der Waals surface area contributed by atoms with Gasteiger partial charge in [-0.3, -0.25) is 4.79 Å². The van der Waals surface area contributed by atoms with Crippen molar-refractivity contribution in [3.63, 3.8) is 0 Å². The van der Waals surface area contributed by atoms with Crippen molar-refractivity contribution in [3.05, 3.63) is 51.4 Å². The van der Waals surface area contributed by atoms with Crippen molar-refractivity contribution in [1.29, 1.82) is 0 Å². The van der Waals surface area contributed by atoms with Crippen LogP contribution >= 0.6 is 0 Å². The van der Waals surface area contributed by atoms with Crippen molar-refractivity contribution in [2.45, 2.75) is 51.1 Å². The van der Waals surface area contributed by atoms with Crippen molar-refractivity contribution >= 4 is 11.5 Å². The molecule has 1 fully saturated rings. The largest absolute Gasteiger partial charge is 0.417 e. The van der Waals surface area contributed by atoms with Gasteiger partial charge in [-0.1, -0.05) is 10.3 Å². The van der Waals surface area contributed by atoms with Crippen molar-refractivity contribution in [1.82, 2.24) is 5.16 Å². The van der Waals surface area contributed by atoms with Crippen LogP contribution < -0.4 is 0 Å². The second-order valence-electron chi connectivity index (χ2n) is 7.25. The molecule has 1 heterocycles. The number of aryl methyl sites for hydroxylation is 1. The van der Waals surface area contributed by atoms with Gasteiger partial charge in [0.2, 0.25) is 0 Å². The number of benzene rings is 1. The van der Waals surface area contributed by atoms with Gasteiger partial charge in [-0.05, 0) is 56.2 Å². The fourth-order valence-corrected chi connectivity index (χ4v) is 3.94. The van der Waals surface area contributed by atoms with Gasteiger partial charge in [-0.25, -0.2) is 0 Å². The van der Waals surface area contributed by atoms with E-state index in [2.05, 4.69) is 10.3 Å². The Labute approximate surface area is 159 Å². The van der Waals surface area contributed by atoms with Crippen LogP contribution in [0.5, 0.6) is 0 Å². The van der Waals surface area contributed by atoms with Crippen LogP contribution in [0.2, 0.25) is 0 Å². The lowest BCUT2D eigenvalue weighted by molar-refractivity contribution is -0.138. The summed E-state index contributed by atoms with van der Waals surface area (Å²) in [4.78, 5) is 17.9. The molecule has 0 bridgehead atoms. The Bertz CT molecular complexity index is 972. The van der Waals surface area contributed by atoms with Crippen molar-refractivity contribution in [3.8, 4) is 0 Å². The van der Waals surface area contributed by atoms with E-state index in [-0.39, 0.29) is 28.3 Å². The number of carbonyl (C=O) groups is 1. The highest BCUT2D eigenvalue weighted by atomic mass is 19.4. The lowest BCUT2D eigenvalue weighted by Gasteiger charge is -2.26. The number of nitrogens with zero attached hydrogens (tertiary/aromatic N) is 2. The van der Waals surface area contributed by atoms with Crippen LogP contribution in [0.3, 0.4) is 0 Å². The molecule has 1 aromatic carbocycles. The van der Waals surface area contributed by atoms with E-state index < -0.39 is 17.5 Å². The topological polar surface area (TPSA) is 64.7 Å². The van der Waals surface area contributed by atoms with Crippen molar-refractivity contribution < 1.29 is 27.3 Å². The first-order valence-corrected chi connectivity index (χ1v) is 9.16. The third-order valence-corrected chi connectivity index (χ3v) is 5.31. The van der Waals surface area contributed by atoms with E-state index in [0.717, 1.165) is 12.8 Å². The number of fused-ring (bicyclic) bond motifs is 1. The van der Waals surface area contributed by atoms with E-state index in [1.165, 1.54) is 19.4 Å². The summed E-state index contributed by atoms with van der Waals surface area (Å²) in [5.74, 6) is -0.289. The number of ketones is 1. The van der Waals surface area contributed by atoms with Gasteiger partial charge in [-0.15, -0.1) is 0 Å². The van der Waals surface area contributed by atoms with Crippen LogP contribution in [0.4, 0.5) is 13.2 Å². The number of rotatable bonds is 4. The zero-order chi connectivity index (χ0) is 20.1. The SMILES string of the molecule is CO/N=C1/CCCc2c(C)cc(C(=O)c3cnoc3C3CC3)c(C(F)(F)F)c21. The van der Waals surface area contributed by atoms with Gasteiger partial charge in [0, 0.05) is 17.0 Å². The molecule has 28 heavy (non-hydrogen) atoms. The lowest BCUT2D eigenvalue weighted by atomic mass is 9.80. The molecule has 1 aromatic heterocycles. The Hall–Kier alpha value is -2.64. The Morgan fingerprint density at radius 1 is 1.29 bits per heavy atom. The van der Waals surface area contributed by atoms with Crippen LogP contribution in [0.15, 0.2) is 21.9 Å². The summed E-state index contributed by atoms with van der Waals surface area (Å²) in [5, 5.41) is 7.49. The van der Waals surface area contributed by atoms with E-state index in [9.17, 15) is 18.0 Å². The summed E-state index contributed by atoms with van der Waals surface area (Å²) in [7, 11) is 1.30. The minimum atomic E-state index is -4.72. The minimum absolute atomic E-state index is 0.0200. The molecule has 4 rings (SSSR count). The van der Waals surface area contributed by atoms with E-state index in [0.29, 0.717) is 36.1 Å². The smallest absolute Gasteiger partial charge is 0.399 e. The molecule has 5 nitrogen and oxygen atoms in total. The molecule has 0 spiro atoms. The average Bonchev–Trinajstić information content (AvgIpc) is 3.37. The molecule has 0 atom stereocenters. The molecule has 0 unspecified atom stereocenters. The second kappa shape index (κ2) is 6.76. The first-order valence-electron chi connectivity index (χ1n) is 9.16. The maximum absolute atomic E-state index is 14.2. The molecule has 0 saturated heterocycles. The molecule has 148 valence electrons. The molecular formula is C20H19F3N2O3. The van der Waals surface area contributed by atoms with Crippen molar-refractivity contribution in [2.75, 3.05) is 7.11 Å². The summed E-state index contributed by atoms with van der Waals surface area (Å²) < 4.78 is 47.7. The molecule has 2 aliphatic carbocycles. The molecule has 1 saturated carbocycles. The highest BCUT2D eigenvalue weighted by Gasteiger charge is 2.43. The van der Waals surface area contributed by atoms with Crippen LogP contribution in [0, 0.1) is 6.92 Å². The van der Waals surface area contributed by atoms with Crippen molar-refractivity contribution in [2.24, 2.45) is 5.16 Å². The number of halogens is 3. The van der Waals surface area contributed by atoms with E-state index in [1.807, 2.05) is 0 Å². The third kappa shape index (κ3) is 3.10. The minimum Gasteiger partial charge on any atom is -0.399 e. The third-order valence-electron chi connectivity index (χ3n) is 5.31. The number of alkyl halides is 3. The fraction of sp³-hybridized carbons (Fsp3) is 0.450. The predicted molar refractivity (Wildman–Crippen MR) is 94.6 cm³/mol. The lowest BCUT2D eigenvalue weighted by Crippen LogP contribution is -2.25. The molecular weight excluding hydrogens is 373 g/mol. The van der Waals surface area contributed by atoms with Gasteiger partial charge in [0.15, 0.2) is 11.5 Å². The first-order chi connectivity index (χ1) is 13.3. The first kappa shape index (κ1) is 18.7. The van der Waals surface area contributed by atoms with Gasteiger partial charge in [0.05, 0.1) is 23.0 Å². The number of carbonyl (C=O) groups excluding carboxylic acids is 1. The standard InChI is InChI=1S/C20H19F3N2O3/c1-10-8-13(18(26)14-9-24-28-19(14)11-6-7-11)17(20(21,22)23)16-12(10)4-3-5-15(16)25-27-2/h8-9,11H,3-7H2,1-2H3/b25-15-. The number of hydrogen-bond donors (Lipinski definition) is 0. The monoisotopic (exact) mass is 392 g/mol. The Kier molecular flexibility index (Phi) is 4.51. The molecule has 0 radical (unpaired) electrons. The Balaban J connectivity index is 1.96. The fourth-order valence-electron chi connectivity index (χ4n) is 3.94. The summed E-state index contributed by atoms with van der Waals surface area (Å²) in [5.41, 5.74) is 0.178. The molecule has 2 aliphatic rings. The predicted octanol–water partition coefficient (Wildman–Crippen LogP) is 4.80. The summed E-state index contributed by atoms with van der Waals surface area (Å²) >= 11 is 0. The molecule has 0 aliphatic heterocycles. The summed E-state index contributed by atoms with van der Waals surface area (Å²) in [6, 6.07) is 1.34. The zero-order valence-electron chi connectivity index (χ0n) is 15.5. The number of oxime groups is 1. The molecule has 0 amide bonds. The van der Waals surface area contributed by atoms with Gasteiger partial charge >= 0.3 is 6.18 Å². The maximum atomic E-state index is 14.2. The van der Waals surface area contributed by atoms with Gasteiger partial charge in [0.25, 0.3) is 0 Å². The maximum Gasteiger partial charge on any atom is 0.417 e. The van der Waals surface area contributed by atoms with Crippen LogP contribution in [-0.4, -0.2) is 23.8 Å². The van der Waals surface area contributed by atoms with E-state index >= 15 is 0 Å². The Morgan fingerprint density at radius 3 is 2.68 bits per heavy atom. The summed E-state index contributed by atoms with van der Waals surface area (Å²) in [6.07, 6.45) is -0.271. The van der Waals surface area contributed by atoms with Gasteiger partial charge < -0.3 is 9.36 Å². The normalized spacial score (nSPS) is 18.2. The van der Waals surface area contributed by atoms with E-state index in [4.69, 9.17) is 9.36 Å². The quantitative estimate of drug-likeness (QED) is 0.554. The average molecular weight is 392 g/mol. The zero-order valence-corrected chi connectivity index (χ0v) is 15.5. The molecule has 2 aromatic rings. The van der Waals surface area contributed by atoms with Crippen LogP contribution in [-0.2, 0) is 17.4 Å².